The van der Waals surface area contributed by atoms with Crippen molar-refractivity contribution in [1.82, 2.24) is 4.98 Å². The maximum atomic E-state index is 10.9. The third kappa shape index (κ3) is 1.26. The molecule has 1 aromatic carbocycles. The van der Waals surface area contributed by atoms with Crippen molar-refractivity contribution in [3.05, 3.63) is 36.0 Å². The average molecular weight is 187 g/mol. The van der Waals surface area contributed by atoms with Crippen molar-refractivity contribution < 1.29 is 4.79 Å². The summed E-state index contributed by atoms with van der Waals surface area (Å²) in [5.41, 5.74) is 12.3. The highest BCUT2D eigenvalue weighted by Crippen LogP contribution is 2.19. The Morgan fingerprint density at radius 2 is 2.00 bits per heavy atom. The second-order valence-electron chi connectivity index (χ2n) is 2.98. The molecule has 0 radical (unpaired) electrons. The van der Waals surface area contributed by atoms with Crippen LogP contribution >= 0.6 is 0 Å². The first kappa shape index (κ1) is 8.50. The highest BCUT2D eigenvalue weighted by molar-refractivity contribution is 5.98. The van der Waals surface area contributed by atoms with Crippen molar-refractivity contribution in [2.24, 2.45) is 5.73 Å². The number of nitrogens with two attached hydrogens (primary N) is 2. The van der Waals surface area contributed by atoms with E-state index in [1.54, 1.807) is 6.07 Å². The van der Waals surface area contributed by atoms with Crippen LogP contribution in [0.3, 0.4) is 0 Å². The van der Waals surface area contributed by atoms with Gasteiger partial charge in [0.05, 0.1) is 5.52 Å². The molecule has 0 bridgehead atoms. The number of hydrogen-bond acceptors (Lipinski definition) is 3. The van der Waals surface area contributed by atoms with Crippen molar-refractivity contribution in [3.8, 4) is 0 Å². The highest BCUT2D eigenvalue weighted by atomic mass is 16.1. The minimum absolute atomic E-state index is 0.196. The number of fused-ring (bicyclic) bond motifs is 1. The van der Waals surface area contributed by atoms with E-state index in [0.29, 0.717) is 11.2 Å². The van der Waals surface area contributed by atoms with Gasteiger partial charge >= 0.3 is 0 Å². The number of carbonyl (C=O) groups is 1. The maximum absolute atomic E-state index is 10.9. The molecule has 0 unspecified atom stereocenters. The number of aromatic nitrogens is 1. The molecule has 1 amide bonds. The summed E-state index contributed by atoms with van der Waals surface area (Å²) in [6.45, 7) is 0. The third-order valence-corrected chi connectivity index (χ3v) is 2.00. The molecule has 0 saturated heterocycles. The second kappa shape index (κ2) is 2.99. The molecule has 4 heteroatoms. The van der Waals surface area contributed by atoms with Gasteiger partial charge in [0.15, 0.2) is 0 Å². The van der Waals surface area contributed by atoms with Gasteiger partial charge < -0.3 is 11.5 Å². The van der Waals surface area contributed by atoms with Crippen LogP contribution in [-0.4, -0.2) is 10.9 Å². The predicted octanol–water partition coefficient (Wildman–Crippen LogP) is 0.916. The van der Waals surface area contributed by atoms with Crippen LogP contribution in [0.5, 0.6) is 0 Å². The molecule has 0 atom stereocenters. The average Bonchev–Trinajstić information content (AvgIpc) is 2.17. The number of carbonyl (C=O) groups excluding carboxylic acids is 1. The molecule has 4 nitrogen and oxygen atoms in total. The van der Waals surface area contributed by atoms with E-state index in [0.717, 1.165) is 5.39 Å². The molecule has 1 heterocycles. The maximum Gasteiger partial charge on any atom is 0.267 e. The fraction of sp³-hybridized carbons (Fsp3) is 0. The molecule has 0 spiro atoms. The van der Waals surface area contributed by atoms with Crippen LogP contribution in [0.4, 0.5) is 5.69 Å². The molecule has 0 aliphatic heterocycles. The SMILES string of the molecule is NC(=O)c1cc(N)c2ccccc2n1. The van der Waals surface area contributed by atoms with E-state index in [1.165, 1.54) is 6.07 Å². The van der Waals surface area contributed by atoms with E-state index < -0.39 is 5.91 Å². The zero-order valence-electron chi connectivity index (χ0n) is 7.40. The van der Waals surface area contributed by atoms with Gasteiger partial charge in [-0.1, -0.05) is 18.2 Å². The van der Waals surface area contributed by atoms with Crippen LogP contribution in [0.25, 0.3) is 10.9 Å². The summed E-state index contributed by atoms with van der Waals surface area (Å²) in [6.07, 6.45) is 0. The summed E-state index contributed by atoms with van der Waals surface area (Å²) >= 11 is 0. The highest BCUT2D eigenvalue weighted by Gasteiger charge is 2.06. The van der Waals surface area contributed by atoms with Crippen molar-refractivity contribution in [2.75, 3.05) is 5.73 Å². The lowest BCUT2D eigenvalue weighted by atomic mass is 10.1. The van der Waals surface area contributed by atoms with E-state index >= 15 is 0 Å². The van der Waals surface area contributed by atoms with E-state index in [-0.39, 0.29) is 5.69 Å². The number of anilines is 1. The fourth-order valence-corrected chi connectivity index (χ4v) is 1.33. The van der Waals surface area contributed by atoms with Crippen molar-refractivity contribution in [2.45, 2.75) is 0 Å². The molecule has 0 aliphatic carbocycles. The number of nitrogen functional groups attached to an aromatic ring is 1. The largest absolute Gasteiger partial charge is 0.398 e. The van der Waals surface area contributed by atoms with Crippen molar-refractivity contribution in [1.29, 1.82) is 0 Å². The predicted molar refractivity (Wildman–Crippen MR) is 54.7 cm³/mol. The molecule has 0 fully saturated rings. The Labute approximate surface area is 80.5 Å². The quantitative estimate of drug-likeness (QED) is 0.696. The smallest absolute Gasteiger partial charge is 0.267 e. The van der Waals surface area contributed by atoms with Crippen LogP contribution in [-0.2, 0) is 0 Å². The molecule has 14 heavy (non-hydrogen) atoms. The van der Waals surface area contributed by atoms with Gasteiger partial charge in [0, 0.05) is 11.1 Å². The van der Waals surface area contributed by atoms with Crippen LogP contribution in [0.15, 0.2) is 30.3 Å². The minimum Gasteiger partial charge on any atom is -0.398 e. The Kier molecular flexibility index (Phi) is 1.81. The normalized spacial score (nSPS) is 10.3. The van der Waals surface area contributed by atoms with Crippen molar-refractivity contribution in [3.63, 3.8) is 0 Å². The third-order valence-electron chi connectivity index (χ3n) is 2.00. The van der Waals surface area contributed by atoms with Crippen molar-refractivity contribution >= 4 is 22.5 Å². The van der Waals surface area contributed by atoms with Gasteiger partial charge in [-0.25, -0.2) is 4.98 Å². The summed E-state index contributed by atoms with van der Waals surface area (Å²) in [6, 6.07) is 8.83. The van der Waals surface area contributed by atoms with Crippen LogP contribution in [0, 0.1) is 0 Å². The number of rotatable bonds is 1. The Hall–Kier alpha value is -2.10. The number of nitrogens with zero attached hydrogens (tertiary/aromatic N) is 1. The molecule has 2 aromatic rings. The monoisotopic (exact) mass is 187 g/mol. The van der Waals surface area contributed by atoms with E-state index in [1.807, 2.05) is 18.2 Å². The van der Waals surface area contributed by atoms with E-state index in [2.05, 4.69) is 4.98 Å². The number of amides is 1. The second-order valence-corrected chi connectivity index (χ2v) is 2.98. The molecule has 70 valence electrons. The minimum atomic E-state index is -0.567. The van der Waals surface area contributed by atoms with Crippen LogP contribution < -0.4 is 11.5 Å². The Morgan fingerprint density at radius 1 is 1.29 bits per heavy atom. The van der Waals surface area contributed by atoms with Gasteiger partial charge in [-0.15, -0.1) is 0 Å². The lowest BCUT2D eigenvalue weighted by Gasteiger charge is -2.02. The fourth-order valence-electron chi connectivity index (χ4n) is 1.33. The molecular formula is C10H9N3O. The molecule has 4 N–H and O–H groups in total. The Morgan fingerprint density at radius 3 is 2.71 bits per heavy atom. The van der Waals surface area contributed by atoms with Gasteiger partial charge in [0.1, 0.15) is 5.69 Å². The number of benzene rings is 1. The van der Waals surface area contributed by atoms with Crippen LogP contribution in [0.1, 0.15) is 10.5 Å². The molecule has 1 aromatic heterocycles. The summed E-state index contributed by atoms with van der Waals surface area (Å²) in [5, 5.41) is 0.831. The van der Waals surface area contributed by atoms with Gasteiger partial charge in [-0.05, 0) is 12.1 Å². The number of para-hydroxylation sites is 1. The number of pyridine rings is 1. The topological polar surface area (TPSA) is 82.0 Å². The lowest BCUT2D eigenvalue weighted by molar-refractivity contribution is 0.0996. The Bertz CT molecular complexity index is 508. The van der Waals surface area contributed by atoms with Gasteiger partial charge in [0.25, 0.3) is 5.91 Å². The lowest BCUT2D eigenvalue weighted by Crippen LogP contribution is -2.13. The molecular weight excluding hydrogens is 178 g/mol. The first-order chi connectivity index (χ1) is 6.68. The zero-order chi connectivity index (χ0) is 10.1. The first-order valence-electron chi connectivity index (χ1n) is 4.13. The Balaban J connectivity index is 2.78. The van der Waals surface area contributed by atoms with Gasteiger partial charge in [-0.3, -0.25) is 4.79 Å². The molecule has 2 rings (SSSR count). The van der Waals surface area contributed by atoms with Crippen LogP contribution in [0.2, 0.25) is 0 Å². The zero-order valence-corrected chi connectivity index (χ0v) is 7.40. The standard InChI is InChI=1S/C10H9N3O/c11-7-5-9(10(12)14)13-8-4-2-1-3-6(7)8/h1-5H,(H2,11,13)(H2,12,14). The molecule has 0 aliphatic rings. The van der Waals surface area contributed by atoms with E-state index in [9.17, 15) is 4.79 Å². The van der Waals surface area contributed by atoms with E-state index in [4.69, 9.17) is 11.5 Å². The number of primary amides is 1. The van der Waals surface area contributed by atoms with Gasteiger partial charge in [0.2, 0.25) is 0 Å². The number of hydrogen-bond donors (Lipinski definition) is 2. The first-order valence-corrected chi connectivity index (χ1v) is 4.13. The summed E-state index contributed by atoms with van der Waals surface area (Å²) in [5.74, 6) is -0.567. The molecule has 0 saturated carbocycles. The van der Waals surface area contributed by atoms with Gasteiger partial charge in [-0.2, -0.15) is 0 Å². The summed E-state index contributed by atoms with van der Waals surface area (Å²) in [7, 11) is 0. The summed E-state index contributed by atoms with van der Waals surface area (Å²) < 4.78 is 0. The summed E-state index contributed by atoms with van der Waals surface area (Å²) in [4.78, 5) is 15.0.